The van der Waals surface area contributed by atoms with Gasteiger partial charge in [-0.2, -0.15) is 0 Å². The Morgan fingerprint density at radius 3 is 3.11 bits per heavy atom. The summed E-state index contributed by atoms with van der Waals surface area (Å²) in [5.74, 6) is 0.376. The summed E-state index contributed by atoms with van der Waals surface area (Å²) in [5, 5.41) is 23.5. The van der Waals surface area contributed by atoms with E-state index in [1.807, 2.05) is 0 Å². The van der Waals surface area contributed by atoms with E-state index < -0.39 is 4.92 Å². The Balaban J connectivity index is 1.95. The van der Waals surface area contributed by atoms with E-state index in [1.165, 1.54) is 12.4 Å². The lowest BCUT2D eigenvalue weighted by atomic mass is 9.87. The van der Waals surface area contributed by atoms with Crippen molar-refractivity contribution >= 4 is 11.4 Å². The number of pyridine rings is 1. The van der Waals surface area contributed by atoms with E-state index in [4.69, 9.17) is 0 Å². The predicted molar refractivity (Wildman–Crippen MR) is 67.3 cm³/mol. The van der Waals surface area contributed by atoms with Crippen LogP contribution in [0.3, 0.4) is 0 Å². The molecule has 1 saturated carbocycles. The van der Waals surface area contributed by atoms with Gasteiger partial charge >= 0.3 is 5.69 Å². The Kier molecular flexibility index (Phi) is 4.09. The number of aliphatic hydroxyl groups is 1. The van der Waals surface area contributed by atoms with Crippen molar-refractivity contribution in [1.29, 1.82) is 0 Å². The molecule has 2 rings (SSSR count). The zero-order chi connectivity index (χ0) is 13.0. The van der Waals surface area contributed by atoms with Crippen molar-refractivity contribution < 1.29 is 10.0 Å². The average Bonchev–Trinajstić information content (AvgIpc) is 2.37. The summed E-state index contributed by atoms with van der Waals surface area (Å²) in [5.41, 5.74) is 0.490. The molecule has 1 aliphatic rings. The number of anilines is 1. The van der Waals surface area contributed by atoms with Gasteiger partial charge in [-0.25, -0.2) is 0 Å². The summed E-state index contributed by atoms with van der Waals surface area (Å²) >= 11 is 0. The second kappa shape index (κ2) is 5.77. The van der Waals surface area contributed by atoms with Crippen LogP contribution in [-0.4, -0.2) is 27.7 Å². The van der Waals surface area contributed by atoms with Crippen LogP contribution in [0.2, 0.25) is 0 Å². The van der Waals surface area contributed by atoms with Crippen molar-refractivity contribution in [3.63, 3.8) is 0 Å². The van der Waals surface area contributed by atoms with E-state index in [0.29, 0.717) is 18.2 Å². The molecule has 0 bridgehead atoms. The highest BCUT2D eigenvalue weighted by atomic mass is 16.6. The molecular formula is C12H17N3O3. The number of nitro groups is 1. The molecule has 0 aliphatic heterocycles. The molecule has 0 saturated heterocycles. The molecule has 0 spiro atoms. The monoisotopic (exact) mass is 251 g/mol. The lowest BCUT2D eigenvalue weighted by molar-refractivity contribution is -0.384. The molecule has 1 aromatic heterocycles. The van der Waals surface area contributed by atoms with E-state index in [1.54, 1.807) is 6.07 Å². The van der Waals surface area contributed by atoms with E-state index >= 15 is 0 Å². The second-order valence-electron chi connectivity index (χ2n) is 4.72. The Morgan fingerprint density at radius 2 is 2.39 bits per heavy atom. The summed E-state index contributed by atoms with van der Waals surface area (Å²) in [6, 6.07) is 1.61. The summed E-state index contributed by atoms with van der Waals surface area (Å²) in [6.07, 6.45) is 6.27. The van der Waals surface area contributed by atoms with Gasteiger partial charge in [0.1, 0.15) is 11.9 Å². The van der Waals surface area contributed by atoms with Crippen molar-refractivity contribution in [2.75, 3.05) is 11.9 Å². The van der Waals surface area contributed by atoms with Crippen LogP contribution in [0.1, 0.15) is 25.7 Å². The van der Waals surface area contributed by atoms with Crippen LogP contribution in [0.15, 0.2) is 18.5 Å². The van der Waals surface area contributed by atoms with Crippen LogP contribution in [0, 0.1) is 16.0 Å². The van der Waals surface area contributed by atoms with Crippen molar-refractivity contribution in [3.05, 3.63) is 28.6 Å². The molecule has 2 N–H and O–H groups in total. The largest absolute Gasteiger partial charge is 0.393 e. The van der Waals surface area contributed by atoms with Crippen molar-refractivity contribution in [2.45, 2.75) is 31.8 Å². The maximum Gasteiger partial charge on any atom is 0.310 e. The third kappa shape index (κ3) is 3.16. The maximum absolute atomic E-state index is 10.8. The van der Waals surface area contributed by atoms with E-state index in [9.17, 15) is 15.2 Å². The minimum atomic E-state index is -0.439. The van der Waals surface area contributed by atoms with Crippen LogP contribution < -0.4 is 5.32 Å². The van der Waals surface area contributed by atoms with Gasteiger partial charge in [0.25, 0.3) is 0 Å². The molecule has 1 aliphatic carbocycles. The highest BCUT2D eigenvalue weighted by Gasteiger charge is 2.21. The molecule has 0 amide bonds. The van der Waals surface area contributed by atoms with Crippen molar-refractivity contribution in [3.8, 4) is 0 Å². The first kappa shape index (κ1) is 12.8. The zero-order valence-corrected chi connectivity index (χ0v) is 10.1. The molecular weight excluding hydrogens is 234 g/mol. The Labute approximate surface area is 105 Å². The fourth-order valence-corrected chi connectivity index (χ4v) is 2.38. The Hall–Kier alpha value is -1.69. The van der Waals surface area contributed by atoms with Gasteiger partial charge in [0.05, 0.1) is 11.0 Å². The molecule has 2 atom stereocenters. The van der Waals surface area contributed by atoms with Crippen LogP contribution in [-0.2, 0) is 0 Å². The van der Waals surface area contributed by atoms with Crippen LogP contribution in [0.5, 0.6) is 0 Å². The van der Waals surface area contributed by atoms with E-state index in [-0.39, 0.29) is 11.8 Å². The molecule has 1 heterocycles. The number of nitrogens with zero attached hydrogens (tertiary/aromatic N) is 2. The van der Waals surface area contributed by atoms with Gasteiger partial charge in [-0.15, -0.1) is 0 Å². The van der Waals surface area contributed by atoms with Gasteiger partial charge in [0.2, 0.25) is 0 Å². The summed E-state index contributed by atoms with van der Waals surface area (Å²) in [7, 11) is 0. The van der Waals surface area contributed by atoms with Crippen molar-refractivity contribution in [2.24, 2.45) is 5.92 Å². The molecule has 6 heteroatoms. The van der Waals surface area contributed by atoms with Gasteiger partial charge < -0.3 is 10.4 Å². The van der Waals surface area contributed by atoms with Crippen LogP contribution in [0.25, 0.3) is 0 Å². The number of rotatable bonds is 4. The van der Waals surface area contributed by atoms with Gasteiger partial charge in [0.15, 0.2) is 0 Å². The van der Waals surface area contributed by atoms with E-state index in [2.05, 4.69) is 10.3 Å². The smallest absolute Gasteiger partial charge is 0.310 e. The Morgan fingerprint density at radius 1 is 1.56 bits per heavy atom. The number of aliphatic hydroxyl groups excluding tert-OH is 1. The minimum Gasteiger partial charge on any atom is -0.393 e. The molecule has 98 valence electrons. The summed E-state index contributed by atoms with van der Waals surface area (Å²) < 4.78 is 0. The normalized spacial score (nSPS) is 23.6. The highest BCUT2D eigenvalue weighted by molar-refractivity contribution is 5.59. The third-order valence-electron chi connectivity index (χ3n) is 3.33. The predicted octanol–water partition coefficient (Wildman–Crippen LogP) is 1.95. The fourth-order valence-electron chi connectivity index (χ4n) is 2.38. The lowest BCUT2D eigenvalue weighted by Gasteiger charge is -2.26. The fraction of sp³-hybridized carbons (Fsp3) is 0.583. The first-order valence-electron chi connectivity index (χ1n) is 6.17. The average molecular weight is 251 g/mol. The minimum absolute atomic E-state index is 0.00569. The molecule has 0 radical (unpaired) electrons. The quantitative estimate of drug-likeness (QED) is 0.630. The third-order valence-corrected chi connectivity index (χ3v) is 3.33. The standard InChI is InChI=1S/C12H17N3O3/c16-10-3-1-2-9(6-10)7-14-11-4-5-13-8-12(11)15(17)18/h4-5,8-10,16H,1-3,6-7H2,(H,13,14). The van der Waals surface area contributed by atoms with Gasteiger partial charge in [-0.05, 0) is 31.2 Å². The SMILES string of the molecule is O=[N+]([O-])c1cnccc1NCC1CCCC(O)C1. The molecule has 18 heavy (non-hydrogen) atoms. The molecule has 1 fully saturated rings. The lowest BCUT2D eigenvalue weighted by Crippen LogP contribution is -2.25. The van der Waals surface area contributed by atoms with Gasteiger partial charge in [-0.3, -0.25) is 15.1 Å². The molecule has 6 nitrogen and oxygen atoms in total. The van der Waals surface area contributed by atoms with Crippen molar-refractivity contribution in [1.82, 2.24) is 4.98 Å². The number of aromatic nitrogens is 1. The summed E-state index contributed by atoms with van der Waals surface area (Å²) in [6.45, 7) is 0.655. The molecule has 1 aromatic rings. The second-order valence-corrected chi connectivity index (χ2v) is 4.72. The topological polar surface area (TPSA) is 88.3 Å². The van der Waals surface area contributed by atoms with Gasteiger partial charge in [0, 0.05) is 12.7 Å². The number of hydrogen-bond acceptors (Lipinski definition) is 5. The Bertz CT molecular complexity index is 425. The first-order valence-corrected chi connectivity index (χ1v) is 6.17. The zero-order valence-electron chi connectivity index (χ0n) is 10.1. The summed E-state index contributed by atoms with van der Waals surface area (Å²) in [4.78, 5) is 14.1. The van der Waals surface area contributed by atoms with Crippen LogP contribution >= 0.6 is 0 Å². The molecule has 2 unspecified atom stereocenters. The van der Waals surface area contributed by atoms with Crippen LogP contribution in [0.4, 0.5) is 11.4 Å². The number of nitrogens with one attached hydrogen (secondary N) is 1. The molecule has 0 aromatic carbocycles. The highest BCUT2D eigenvalue weighted by Crippen LogP contribution is 2.27. The maximum atomic E-state index is 10.8. The number of hydrogen-bond donors (Lipinski definition) is 2. The first-order chi connectivity index (χ1) is 8.66. The van der Waals surface area contributed by atoms with E-state index in [0.717, 1.165) is 25.7 Å². The van der Waals surface area contributed by atoms with Gasteiger partial charge in [-0.1, -0.05) is 6.42 Å².